The third-order valence-corrected chi connectivity index (χ3v) is 1.78. The predicted octanol–water partition coefficient (Wildman–Crippen LogP) is 2.58. The molecule has 19 heavy (non-hydrogen) atoms. The number of nitrogens with two attached hydrogens (primary N) is 1. The molecule has 0 saturated heterocycles. The second kappa shape index (κ2) is 6.21. The second-order valence-electron chi connectivity index (χ2n) is 3.29. The average molecular weight is 283 g/mol. The number of guanidine groups is 1. The molecule has 0 amide bonds. The zero-order valence-electron chi connectivity index (χ0n) is 9.42. The number of hydrogen-bond donors (Lipinski definition) is 2. The van der Waals surface area contributed by atoms with Crippen LogP contribution in [0.3, 0.4) is 0 Å². The number of aliphatic imine (C=N–C) groups is 1. The topological polar surface area (TPSA) is 59.6 Å². The van der Waals surface area contributed by atoms with Gasteiger partial charge in [-0.25, -0.2) is 13.8 Å². The number of alkyl halides is 5. The van der Waals surface area contributed by atoms with E-state index in [1.165, 1.54) is 18.2 Å². The number of ether oxygens (including phenoxy) is 1. The maximum Gasteiger partial charge on any atom is 0.573 e. The first-order valence-electron chi connectivity index (χ1n) is 4.98. The van der Waals surface area contributed by atoms with Crippen LogP contribution in [-0.2, 0) is 0 Å². The Balaban J connectivity index is 2.81. The van der Waals surface area contributed by atoms with Crippen LogP contribution >= 0.6 is 0 Å². The summed E-state index contributed by atoms with van der Waals surface area (Å²) in [7, 11) is 0. The molecule has 0 radical (unpaired) electrons. The summed E-state index contributed by atoms with van der Waals surface area (Å²) in [6, 6.07) is 5.03. The largest absolute Gasteiger partial charge is 0.573 e. The van der Waals surface area contributed by atoms with E-state index in [-0.39, 0.29) is 5.69 Å². The van der Waals surface area contributed by atoms with Gasteiger partial charge in [-0.1, -0.05) is 12.1 Å². The number of rotatable bonds is 4. The lowest BCUT2D eigenvalue weighted by molar-refractivity contribution is -0.274. The van der Waals surface area contributed by atoms with Crippen molar-refractivity contribution in [3.63, 3.8) is 0 Å². The van der Waals surface area contributed by atoms with Crippen molar-refractivity contribution in [3.8, 4) is 5.75 Å². The van der Waals surface area contributed by atoms with E-state index in [0.29, 0.717) is 0 Å². The summed E-state index contributed by atoms with van der Waals surface area (Å²) in [4.78, 5) is 3.25. The summed E-state index contributed by atoms with van der Waals surface area (Å²) in [5.74, 6) is -0.969. The summed E-state index contributed by atoms with van der Waals surface area (Å²) in [5, 5.41) is 2.26. The van der Waals surface area contributed by atoms with Crippen molar-refractivity contribution in [2.75, 3.05) is 11.9 Å². The number of para-hydroxylation sites is 2. The van der Waals surface area contributed by atoms with Crippen LogP contribution < -0.4 is 15.8 Å². The number of halogens is 5. The van der Waals surface area contributed by atoms with Gasteiger partial charge in [0, 0.05) is 0 Å². The molecule has 0 aliphatic rings. The normalized spacial score (nSPS) is 12.6. The molecule has 0 bridgehead atoms. The maximum absolute atomic E-state index is 12.1. The fourth-order valence-electron chi connectivity index (χ4n) is 1.13. The van der Waals surface area contributed by atoms with Gasteiger partial charge < -0.3 is 15.8 Å². The summed E-state index contributed by atoms with van der Waals surface area (Å²) < 4.78 is 63.8. The zero-order chi connectivity index (χ0) is 14.5. The third-order valence-electron chi connectivity index (χ3n) is 1.78. The Kier molecular flexibility index (Phi) is 4.90. The molecule has 1 aromatic carbocycles. The van der Waals surface area contributed by atoms with Crippen LogP contribution in [-0.4, -0.2) is 25.3 Å². The number of nitrogens with zero attached hydrogens (tertiary/aromatic N) is 1. The van der Waals surface area contributed by atoms with Crippen LogP contribution in [0.4, 0.5) is 27.6 Å². The van der Waals surface area contributed by atoms with Crippen molar-refractivity contribution in [1.29, 1.82) is 0 Å². The van der Waals surface area contributed by atoms with Crippen molar-refractivity contribution in [2.24, 2.45) is 10.7 Å². The smallest absolute Gasteiger partial charge is 0.404 e. The minimum Gasteiger partial charge on any atom is -0.404 e. The van der Waals surface area contributed by atoms with E-state index in [1.807, 2.05) is 0 Å². The molecule has 0 aliphatic carbocycles. The fourth-order valence-corrected chi connectivity index (χ4v) is 1.13. The van der Waals surface area contributed by atoms with Gasteiger partial charge in [0.1, 0.15) is 6.54 Å². The van der Waals surface area contributed by atoms with Gasteiger partial charge in [-0.15, -0.1) is 13.2 Å². The van der Waals surface area contributed by atoms with Gasteiger partial charge in [-0.2, -0.15) is 0 Å². The molecule has 0 aliphatic heterocycles. The van der Waals surface area contributed by atoms with Crippen molar-refractivity contribution in [2.45, 2.75) is 12.8 Å². The predicted molar refractivity (Wildman–Crippen MR) is 59.2 cm³/mol. The van der Waals surface area contributed by atoms with Crippen molar-refractivity contribution in [1.82, 2.24) is 0 Å². The SMILES string of the molecule is NC(=NCC(F)F)Nc1ccccc1OC(F)(F)F. The third kappa shape index (κ3) is 5.89. The molecular weight excluding hydrogens is 273 g/mol. The lowest BCUT2D eigenvalue weighted by Crippen LogP contribution is -2.25. The Morgan fingerprint density at radius 1 is 1.32 bits per heavy atom. The van der Waals surface area contributed by atoms with E-state index in [9.17, 15) is 22.0 Å². The van der Waals surface area contributed by atoms with Gasteiger partial charge in [0.15, 0.2) is 11.7 Å². The van der Waals surface area contributed by atoms with Crippen LogP contribution in [0.25, 0.3) is 0 Å². The van der Waals surface area contributed by atoms with E-state index in [2.05, 4.69) is 15.0 Å². The van der Waals surface area contributed by atoms with Crippen LogP contribution in [0.5, 0.6) is 5.75 Å². The summed E-state index contributed by atoms with van der Waals surface area (Å²) in [6.45, 7) is -0.846. The van der Waals surface area contributed by atoms with Crippen molar-refractivity contribution >= 4 is 11.6 Å². The number of benzene rings is 1. The number of nitrogens with one attached hydrogen (secondary N) is 1. The molecule has 1 rings (SSSR count). The molecule has 0 unspecified atom stereocenters. The first-order valence-corrected chi connectivity index (χ1v) is 4.98. The van der Waals surface area contributed by atoms with Crippen LogP contribution in [0.1, 0.15) is 0 Å². The first-order chi connectivity index (χ1) is 8.78. The lowest BCUT2D eigenvalue weighted by atomic mass is 10.3. The van der Waals surface area contributed by atoms with E-state index in [4.69, 9.17) is 5.73 Å². The fraction of sp³-hybridized carbons (Fsp3) is 0.300. The summed E-state index contributed by atoms with van der Waals surface area (Å²) in [5.41, 5.74) is 5.13. The van der Waals surface area contributed by atoms with Crippen molar-refractivity contribution in [3.05, 3.63) is 24.3 Å². The Morgan fingerprint density at radius 2 is 1.95 bits per heavy atom. The molecule has 3 N–H and O–H groups in total. The van der Waals surface area contributed by atoms with Crippen LogP contribution in [0.2, 0.25) is 0 Å². The van der Waals surface area contributed by atoms with E-state index in [0.717, 1.165) is 6.07 Å². The van der Waals surface area contributed by atoms with Crippen LogP contribution in [0, 0.1) is 0 Å². The van der Waals surface area contributed by atoms with Crippen molar-refractivity contribution < 1.29 is 26.7 Å². The molecular formula is C10H10F5N3O. The molecule has 0 saturated carbocycles. The van der Waals surface area contributed by atoms with Crippen LogP contribution in [0.15, 0.2) is 29.3 Å². The highest BCUT2D eigenvalue weighted by Gasteiger charge is 2.32. The zero-order valence-corrected chi connectivity index (χ0v) is 9.42. The van der Waals surface area contributed by atoms with Gasteiger partial charge >= 0.3 is 6.36 Å². The highest BCUT2D eigenvalue weighted by Crippen LogP contribution is 2.29. The summed E-state index contributed by atoms with van der Waals surface area (Å²) in [6.07, 6.45) is -7.56. The number of anilines is 1. The molecule has 0 heterocycles. The molecule has 106 valence electrons. The molecule has 9 heteroatoms. The molecule has 0 spiro atoms. The van der Waals surface area contributed by atoms with Gasteiger partial charge in [-0.05, 0) is 12.1 Å². The van der Waals surface area contributed by atoms with Gasteiger partial charge in [0.25, 0.3) is 6.43 Å². The first kappa shape index (κ1) is 15.0. The maximum atomic E-state index is 12.1. The average Bonchev–Trinajstić information content (AvgIpc) is 2.27. The Hall–Kier alpha value is -2.06. The van der Waals surface area contributed by atoms with Gasteiger partial charge in [0.2, 0.25) is 0 Å². The van der Waals surface area contributed by atoms with E-state index < -0.39 is 31.0 Å². The molecule has 4 nitrogen and oxygen atoms in total. The highest BCUT2D eigenvalue weighted by atomic mass is 19.4. The Morgan fingerprint density at radius 3 is 2.53 bits per heavy atom. The minimum absolute atomic E-state index is 0.129. The lowest BCUT2D eigenvalue weighted by Gasteiger charge is -2.14. The highest BCUT2D eigenvalue weighted by molar-refractivity contribution is 5.93. The Bertz CT molecular complexity index is 447. The molecule has 0 aromatic heterocycles. The standard InChI is InChI=1S/C10H10F5N3O/c11-8(12)5-17-9(16)18-6-3-1-2-4-7(6)19-10(13,14)15/h1-4,8H,5H2,(H3,16,17,18). The molecule has 0 fully saturated rings. The number of hydrogen-bond acceptors (Lipinski definition) is 2. The second-order valence-corrected chi connectivity index (χ2v) is 3.29. The van der Waals surface area contributed by atoms with Gasteiger partial charge in [0.05, 0.1) is 5.69 Å². The Labute approximate surface area is 105 Å². The summed E-state index contributed by atoms with van der Waals surface area (Å²) >= 11 is 0. The minimum atomic E-state index is -4.87. The quantitative estimate of drug-likeness (QED) is 0.507. The van der Waals surface area contributed by atoms with Gasteiger partial charge in [-0.3, -0.25) is 0 Å². The van der Waals surface area contributed by atoms with E-state index >= 15 is 0 Å². The van der Waals surface area contributed by atoms with E-state index in [1.54, 1.807) is 0 Å². The monoisotopic (exact) mass is 283 g/mol. The molecule has 0 atom stereocenters. The molecule has 1 aromatic rings.